The van der Waals surface area contributed by atoms with E-state index in [4.69, 9.17) is 10.00 Å². The van der Waals surface area contributed by atoms with Crippen LogP contribution in [0.15, 0.2) is 47.8 Å². The number of aryl methyl sites for hydroxylation is 1. The van der Waals surface area contributed by atoms with Crippen LogP contribution in [0.5, 0.6) is 0 Å². The number of carbonyl (C=O) groups is 1. The Balaban J connectivity index is 1.53. The monoisotopic (exact) mass is 609 g/mol. The first-order valence-corrected chi connectivity index (χ1v) is 15.1. The van der Waals surface area contributed by atoms with Crippen LogP contribution in [0.2, 0.25) is 0 Å². The van der Waals surface area contributed by atoms with E-state index in [1.807, 2.05) is 13.1 Å². The summed E-state index contributed by atoms with van der Waals surface area (Å²) in [5.74, 6) is -0.965. The third-order valence-electron chi connectivity index (χ3n) is 10.2. The number of ether oxygens (including phenoxy) is 1. The Morgan fingerprint density at radius 2 is 1.98 bits per heavy atom. The Bertz CT molecular complexity index is 1550. The van der Waals surface area contributed by atoms with Crippen LogP contribution in [0.1, 0.15) is 62.4 Å². The van der Waals surface area contributed by atoms with Crippen molar-refractivity contribution in [3.8, 4) is 6.07 Å². The summed E-state index contributed by atoms with van der Waals surface area (Å²) in [6, 6.07) is 7.11. The zero-order valence-electron chi connectivity index (χ0n) is 25.2. The number of nitriles is 1. The summed E-state index contributed by atoms with van der Waals surface area (Å²) in [6.45, 7) is 2.45. The molecule has 3 aliphatic carbocycles. The SMILES string of the molecule is COC1CC(c2cc(NCCC#N)cc(C3(C(F)(F)F)C=C(CNC4(C)CCC4)C=C4C(=O)NCC43)c2)(c2nncn2C)C1. The van der Waals surface area contributed by atoms with E-state index in [1.54, 1.807) is 30.1 Å². The lowest BCUT2D eigenvalue weighted by Gasteiger charge is -2.47. The Hall–Kier alpha value is -3.69. The Morgan fingerprint density at radius 3 is 2.59 bits per heavy atom. The fourth-order valence-corrected chi connectivity index (χ4v) is 7.46. The van der Waals surface area contributed by atoms with E-state index in [-0.39, 0.29) is 48.8 Å². The van der Waals surface area contributed by atoms with Crippen molar-refractivity contribution in [2.75, 3.05) is 32.1 Å². The number of rotatable bonds is 10. The number of amides is 1. The highest BCUT2D eigenvalue weighted by atomic mass is 19.4. The van der Waals surface area contributed by atoms with Crippen LogP contribution in [0.3, 0.4) is 0 Å². The van der Waals surface area contributed by atoms with E-state index in [9.17, 15) is 4.79 Å². The minimum absolute atomic E-state index is 0.0452. The van der Waals surface area contributed by atoms with Crippen molar-refractivity contribution >= 4 is 11.6 Å². The maximum Gasteiger partial charge on any atom is 0.402 e. The summed E-state index contributed by atoms with van der Waals surface area (Å²) in [5, 5.41) is 26.9. The Kier molecular flexibility index (Phi) is 7.61. The van der Waals surface area contributed by atoms with Crippen molar-refractivity contribution in [1.29, 1.82) is 5.26 Å². The second-order valence-corrected chi connectivity index (χ2v) is 13.0. The second-order valence-electron chi connectivity index (χ2n) is 13.0. The normalized spacial score (nSPS) is 29.0. The highest BCUT2D eigenvalue weighted by Crippen LogP contribution is 2.56. The zero-order chi connectivity index (χ0) is 31.3. The summed E-state index contributed by atoms with van der Waals surface area (Å²) in [7, 11) is 3.45. The third kappa shape index (κ3) is 4.90. The number of alkyl halides is 3. The van der Waals surface area contributed by atoms with Gasteiger partial charge in [-0.3, -0.25) is 4.79 Å². The van der Waals surface area contributed by atoms with Gasteiger partial charge in [-0.15, -0.1) is 10.2 Å². The molecule has 2 aromatic rings. The molecule has 3 fully saturated rings. The second kappa shape index (κ2) is 11.0. The van der Waals surface area contributed by atoms with E-state index in [0.717, 1.165) is 19.3 Å². The first-order valence-electron chi connectivity index (χ1n) is 15.1. The number of nitrogens with zero attached hydrogens (tertiary/aromatic N) is 4. The molecular weight excluding hydrogens is 571 g/mol. The Morgan fingerprint density at radius 1 is 1.23 bits per heavy atom. The van der Waals surface area contributed by atoms with Gasteiger partial charge in [-0.05, 0) is 73.9 Å². The van der Waals surface area contributed by atoms with Crippen LogP contribution < -0.4 is 16.0 Å². The fourth-order valence-electron chi connectivity index (χ4n) is 7.46. The van der Waals surface area contributed by atoms with Gasteiger partial charge in [-0.25, -0.2) is 0 Å². The molecule has 0 spiro atoms. The third-order valence-corrected chi connectivity index (χ3v) is 10.2. The highest BCUT2D eigenvalue weighted by Gasteiger charge is 2.63. The summed E-state index contributed by atoms with van der Waals surface area (Å²) >= 11 is 0. The van der Waals surface area contributed by atoms with Crippen molar-refractivity contribution in [1.82, 2.24) is 25.4 Å². The average Bonchev–Trinajstić information content (AvgIpc) is 3.55. The van der Waals surface area contributed by atoms with Crippen LogP contribution in [0, 0.1) is 17.2 Å². The molecule has 2 heterocycles. The number of methoxy groups -OCH3 is 1. The van der Waals surface area contributed by atoms with E-state index >= 15 is 13.2 Å². The standard InChI is InChI=1S/C32H38F3N7O2/c1-29(6-4-7-29)39-17-20-10-25-26(18-38-27(25)43)31(14-20,32(33,34)35)22-11-21(12-23(13-22)37-9-5-8-36)30(15-24(16-30)44-3)28-41-40-19-42(28)2/h10-14,19,24,26,37,39H,4-7,9,15-18H2,1-3H3,(H,38,43). The van der Waals surface area contributed by atoms with E-state index in [2.05, 4.69) is 39.1 Å². The van der Waals surface area contributed by atoms with Gasteiger partial charge in [0, 0.05) is 56.5 Å². The van der Waals surface area contributed by atoms with Crippen molar-refractivity contribution < 1.29 is 22.7 Å². The quantitative estimate of drug-likeness (QED) is 0.346. The van der Waals surface area contributed by atoms with Gasteiger partial charge in [-0.2, -0.15) is 18.4 Å². The molecular formula is C32H38F3N7O2. The zero-order valence-corrected chi connectivity index (χ0v) is 25.2. The maximum atomic E-state index is 15.8. The molecule has 1 aromatic carbocycles. The summed E-state index contributed by atoms with van der Waals surface area (Å²) in [5.41, 5.74) is -1.56. The molecule has 44 heavy (non-hydrogen) atoms. The van der Waals surface area contributed by atoms with Gasteiger partial charge in [-0.1, -0.05) is 12.1 Å². The molecule has 6 rings (SSSR count). The van der Waals surface area contributed by atoms with Crippen molar-refractivity contribution in [3.63, 3.8) is 0 Å². The number of fused-ring (bicyclic) bond motifs is 1. The molecule has 1 aliphatic heterocycles. The number of hydrogen-bond donors (Lipinski definition) is 3. The van der Waals surface area contributed by atoms with Crippen molar-refractivity contribution in [2.24, 2.45) is 13.0 Å². The maximum absolute atomic E-state index is 15.8. The molecule has 0 bridgehead atoms. The first-order chi connectivity index (χ1) is 20.9. The highest BCUT2D eigenvalue weighted by molar-refractivity contribution is 5.98. The van der Waals surface area contributed by atoms with E-state index < -0.39 is 28.8 Å². The molecule has 2 atom stereocenters. The van der Waals surface area contributed by atoms with E-state index in [0.29, 0.717) is 35.5 Å². The first kappa shape index (κ1) is 30.3. The molecule has 0 radical (unpaired) electrons. The van der Waals surface area contributed by atoms with Gasteiger partial charge < -0.3 is 25.3 Å². The number of allylic oxidation sites excluding steroid dienone is 1. The number of anilines is 1. The van der Waals surface area contributed by atoms with Crippen LogP contribution >= 0.6 is 0 Å². The largest absolute Gasteiger partial charge is 0.402 e. The molecule has 234 valence electrons. The van der Waals surface area contributed by atoms with Gasteiger partial charge in [0.2, 0.25) is 5.91 Å². The molecule has 1 amide bonds. The molecule has 12 heteroatoms. The minimum Gasteiger partial charge on any atom is -0.384 e. The lowest BCUT2D eigenvalue weighted by molar-refractivity contribution is -0.186. The summed E-state index contributed by atoms with van der Waals surface area (Å²) in [4.78, 5) is 13.0. The number of halogens is 3. The molecule has 1 saturated heterocycles. The number of carbonyl (C=O) groups excluding carboxylic acids is 1. The topological polar surface area (TPSA) is 117 Å². The molecule has 9 nitrogen and oxygen atoms in total. The number of hydrogen-bond acceptors (Lipinski definition) is 7. The average molecular weight is 610 g/mol. The summed E-state index contributed by atoms with van der Waals surface area (Å²) in [6.07, 6.45) is 3.95. The van der Waals surface area contributed by atoms with E-state index in [1.165, 1.54) is 12.1 Å². The van der Waals surface area contributed by atoms with Crippen LogP contribution in [-0.2, 0) is 27.4 Å². The lowest BCUT2D eigenvalue weighted by atomic mass is 9.59. The van der Waals surface area contributed by atoms with Gasteiger partial charge in [0.05, 0.1) is 24.0 Å². The molecule has 4 aliphatic rings. The molecule has 2 unspecified atom stereocenters. The van der Waals surface area contributed by atoms with Crippen molar-refractivity contribution in [3.05, 3.63) is 64.8 Å². The van der Waals surface area contributed by atoms with Crippen molar-refractivity contribution in [2.45, 2.75) is 74.1 Å². The van der Waals surface area contributed by atoms with Crippen LogP contribution in [0.25, 0.3) is 0 Å². The van der Waals surface area contributed by atoms with Crippen LogP contribution in [-0.4, -0.2) is 65.2 Å². The molecule has 1 aromatic heterocycles. The lowest BCUT2D eigenvalue weighted by Crippen LogP contribution is -2.52. The van der Waals surface area contributed by atoms with Gasteiger partial charge in [0.25, 0.3) is 0 Å². The predicted octanol–water partition coefficient (Wildman–Crippen LogP) is 4.18. The Labute approximate surface area is 254 Å². The van der Waals surface area contributed by atoms with Gasteiger partial charge >= 0.3 is 6.18 Å². The predicted molar refractivity (Wildman–Crippen MR) is 158 cm³/mol. The van der Waals surface area contributed by atoms with Crippen LogP contribution in [0.4, 0.5) is 18.9 Å². The van der Waals surface area contributed by atoms with Gasteiger partial charge in [0.1, 0.15) is 17.6 Å². The summed E-state index contributed by atoms with van der Waals surface area (Å²) < 4.78 is 55.0. The number of benzene rings is 1. The number of nitrogens with one attached hydrogen (secondary N) is 3. The minimum atomic E-state index is -4.73. The fraction of sp³-hybridized carbons (Fsp3) is 0.562. The molecule has 3 N–H and O–H groups in total. The van der Waals surface area contributed by atoms with Gasteiger partial charge in [0.15, 0.2) is 0 Å². The molecule has 2 saturated carbocycles. The smallest absolute Gasteiger partial charge is 0.384 e. The number of aromatic nitrogens is 3.